The van der Waals surface area contributed by atoms with Crippen molar-refractivity contribution in [2.75, 3.05) is 0 Å². The number of rotatable bonds is 8. The first-order chi connectivity index (χ1) is 14.2. The molecular formula is C21H20BrN5OS. The van der Waals surface area contributed by atoms with E-state index < -0.39 is 0 Å². The van der Waals surface area contributed by atoms with Gasteiger partial charge in [0.1, 0.15) is 0 Å². The van der Waals surface area contributed by atoms with Crippen molar-refractivity contribution in [2.45, 2.75) is 37.2 Å². The summed E-state index contributed by atoms with van der Waals surface area (Å²) >= 11 is 5.06. The molecule has 0 aliphatic heterocycles. The molecule has 6 nitrogen and oxygen atoms in total. The molecule has 0 amide bonds. The van der Waals surface area contributed by atoms with Crippen LogP contribution in [0.1, 0.15) is 24.2 Å². The van der Waals surface area contributed by atoms with E-state index in [4.69, 9.17) is 4.52 Å². The summed E-state index contributed by atoms with van der Waals surface area (Å²) in [6.07, 6.45) is 1.64. The minimum Gasteiger partial charge on any atom is -0.339 e. The van der Waals surface area contributed by atoms with Gasteiger partial charge in [-0.05, 0) is 24.1 Å². The Kier molecular flexibility index (Phi) is 6.41. The molecule has 2 aromatic carbocycles. The highest BCUT2D eigenvalue weighted by Gasteiger charge is 2.16. The first kappa shape index (κ1) is 19.8. The van der Waals surface area contributed by atoms with E-state index >= 15 is 0 Å². The molecule has 0 aliphatic rings. The van der Waals surface area contributed by atoms with Crippen LogP contribution >= 0.6 is 27.7 Å². The molecule has 0 fully saturated rings. The third-order valence-electron chi connectivity index (χ3n) is 4.43. The quantitative estimate of drug-likeness (QED) is 0.330. The van der Waals surface area contributed by atoms with E-state index in [1.54, 1.807) is 11.8 Å². The number of aryl methyl sites for hydroxylation is 2. The summed E-state index contributed by atoms with van der Waals surface area (Å²) in [5.74, 6) is 2.78. The van der Waals surface area contributed by atoms with Gasteiger partial charge in [0.05, 0.1) is 5.75 Å². The zero-order chi connectivity index (χ0) is 20.1. The van der Waals surface area contributed by atoms with Gasteiger partial charge in [-0.3, -0.25) is 0 Å². The predicted octanol–water partition coefficient (Wildman–Crippen LogP) is 5.19. The maximum atomic E-state index is 5.20. The van der Waals surface area contributed by atoms with Gasteiger partial charge in [0.25, 0.3) is 0 Å². The van der Waals surface area contributed by atoms with E-state index in [0.29, 0.717) is 17.5 Å². The monoisotopic (exact) mass is 469 g/mol. The van der Waals surface area contributed by atoms with E-state index in [2.05, 4.69) is 65.1 Å². The van der Waals surface area contributed by atoms with Crippen LogP contribution < -0.4 is 0 Å². The number of hydrogen-bond acceptors (Lipinski definition) is 6. The number of aromatic nitrogens is 5. The molecule has 0 saturated heterocycles. The van der Waals surface area contributed by atoms with E-state index in [0.717, 1.165) is 40.4 Å². The zero-order valence-electron chi connectivity index (χ0n) is 16.0. The van der Waals surface area contributed by atoms with Crippen molar-refractivity contribution in [2.24, 2.45) is 0 Å². The first-order valence-corrected chi connectivity index (χ1v) is 11.2. The SMILES string of the molecule is CCc1nc(CSc2nnc(-c3ccc(Br)cc3)n2CCc2ccccc2)no1. The number of hydrogen-bond donors (Lipinski definition) is 0. The Balaban J connectivity index is 1.58. The summed E-state index contributed by atoms with van der Waals surface area (Å²) in [4.78, 5) is 4.38. The molecular weight excluding hydrogens is 450 g/mol. The molecule has 0 bridgehead atoms. The number of thioether (sulfide) groups is 1. The predicted molar refractivity (Wildman–Crippen MR) is 117 cm³/mol. The third-order valence-corrected chi connectivity index (χ3v) is 5.92. The third kappa shape index (κ3) is 4.94. The van der Waals surface area contributed by atoms with Crippen LogP contribution in [0.3, 0.4) is 0 Å². The van der Waals surface area contributed by atoms with Gasteiger partial charge in [-0.2, -0.15) is 4.98 Å². The molecule has 0 aliphatic carbocycles. The van der Waals surface area contributed by atoms with E-state index in [1.807, 2.05) is 37.3 Å². The highest BCUT2D eigenvalue weighted by Crippen LogP contribution is 2.27. The van der Waals surface area contributed by atoms with Crippen molar-refractivity contribution in [1.29, 1.82) is 0 Å². The Hall–Kier alpha value is -2.45. The molecule has 0 saturated carbocycles. The molecule has 0 spiro atoms. The van der Waals surface area contributed by atoms with Crippen molar-refractivity contribution in [3.05, 3.63) is 76.3 Å². The maximum Gasteiger partial charge on any atom is 0.226 e. The van der Waals surface area contributed by atoms with Crippen LogP contribution in [0.25, 0.3) is 11.4 Å². The van der Waals surface area contributed by atoms with Crippen LogP contribution in [0.2, 0.25) is 0 Å². The summed E-state index contributed by atoms with van der Waals surface area (Å²) < 4.78 is 8.41. The van der Waals surface area contributed by atoms with Gasteiger partial charge >= 0.3 is 0 Å². The van der Waals surface area contributed by atoms with Gasteiger partial charge in [-0.1, -0.05) is 82.2 Å². The van der Waals surface area contributed by atoms with Crippen molar-refractivity contribution in [1.82, 2.24) is 24.9 Å². The van der Waals surface area contributed by atoms with Crippen LogP contribution in [-0.4, -0.2) is 24.9 Å². The highest BCUT2D eigenvalue weighted by atomic mass is 79.9. The smallest absolute Gasteiger partial charge is 0.226 e. The Morgan fingerprint density at radius 1 is 1.03 bits per heavy atom. The van der Waals surface area contributed by atoms with Gasteiger partial charge in [-0.15, -0.1) is 10.2 Å². The number of benzene rings is 2. The van der Waals surface area contributed by atoms with Gasteiger partial charge in [0.15, 0.2) is 16.8 Å². The summed E-state index contributed by atoms with van der Waals surface area (Å²) in [5, 5.41) is 13.8. The fourth-order valence-electron chi connectivity index (χ4n) is 2.92. The molecule has 148 valence electrons. The Morgan fingerprint density at radius 2 is 1.83 bits per heavy atom. The molecule has 2 aromatic heterocycles. The van der Waals surface area contributed by atoms with E-state index in [9.17, 15) is 0 Å². The van der Waals surface area contributed by atoms with Gasteiger partial charge in [0.2, 0.25) is 5.89 Å². The molecule has 4 aromatic rings. The van der Waals surface area contributed by atoms with Crippen LogP contribution in [-0.2, 0) is 25.1 Å². The Bertz CT molecular complexity index is 1060. The lowest BCUT2D eigenvalue weighted by Gasteiger charge is -2.10. The van der Waals surface area contributed by atoms with Crippen molar-refractivity contribution >= 4 is 27.7 Å². The van der Waals surface area contributed by atoms with Crippen LogP contribution in [0, 0.1) is 0 Å². The average molecular weight is 470 g/mol. The normalized spacial score (nSPS) is 11.1. The average Bonchev–Trinajstić information content (AvgIpc) is 3.38. The summed E-state index contributed by atoms with van der Waals surface area (Å²) in [7, 11) is 0. The molecule has 0 N–H and O–H groups in total. The largest absolute Gasteiger partial charge is 0.339 e. The van der Waals surface area contributed by atoms with E-state index in [-0.39, 0.29) is 0 Å². The minimum absolute atomic E-state index is 0.591. The second-order valence-electron chi connectivity index (χ2n) is 6.45. The zero-order valence-corrected chi connectivity index (χ0v) is 18.4. The maximum absolute atomic E-state index is 5.20. The van der Waals surface area contributed by atoms with Gasteiger partial charge in [-0.25, -0.2) is 0 Å². The standard InChI is InChI=1S/C21H20BrN5OS/c1-2-19-23-18(26-28-19)14-29-21-25-24-20(16-8-10-17(22)11-9-16)27(21)13-12-15-6-4-3-5-7-15/h3-11H,2,12-14H2,1H3. The molecule has 2 heterocycles. The molecule has 4 rings (SSSR count). The summed E-state index contributed by atoms with van der Waals surface area (Å²) in [6.45, 7) is 2.78. The lowest BCUT2D eigenvalue weighted by molar-refractivity contribution is 0.378. The lowest BCUT2D eigenvalue weighted by atomic mass is 10.1. The molecule has 29 heavy (non-hydrogen) atoms. The topological polar surface area (TPSA) is 69.6 Å². The molecule has 0 unspecified atom stereocenters. The fraction of sp³-hybridized carbons (Fsp3) is 0.238. The van der Waals surface area contributed by atoms with E-state index in [1.165, 1.54) is 5.56 Å². The van der Waals surface area contributed by atoms with Crippen molar-refractivity contribution < 1.29 is 4.52 Å². The van der Waals surface area contributed by atoms with Crippen LogP contribution in [0.15, 0.2) is 68.7 Å². The van der Waals surface area contributed by atoms with Crippen molar-refractivity contribution in [3.8, 4) is 11.4 Å². The highest BCUT2D eigenvalue weighted by molar-refractivity contribution is 9.10. The minimum atomic E-state index is 0.591. The van der Waals surface area contributed by atoms with Crippen molar-refractivity contribution in [3.63, 3.8) is 0 Å². The molecule has 0 radical (unpaired) electrons. The molecule has 0 atom stereocenters. The summed E-state index contributed by atoms with van der Waals surface area (Å²) in [6, 6.07) is 18.6. The van der Waals surface area contributed by atoms with Gasteiger partial charge < -0.3 is 9.09 Å². The summed E-state index contributed by atoms with van der Waals surface area (Å²) in [5.41, 5.74) is 2.32. The van der Waals surface area contributed by atoms with Crippen LogP contribution in [0.4, 0.5) is 0 Å². The Labute approximate surface area is 181 Å². The Morgan fingerprint density at radius 3 is 2.55 bits per heavy atom. The van der Waals surface area contributed by atoms with Crippen LogP contribution in [0.5, 0.6) is 0 Å². The fourth-order valence-corrected chi connectivity index (χ4v) is 3.99. The number of halogens is 1. The number of nitrogens with zero attached hydrogens (tertiary/aromatic N) is 5. The second-order valence-corrected chi connectivity index (χ2v) is 8.31. The van der Waals surface area contributed by atoms with Gasteiger partial charge in [0, 0.05) is 23.0 Å². The first-order valence-electron chi connectivity index (χ1n) is 9.40. The molecule has 8 heteroatoms. The second kappa shape index (κ2) is 9.37. The lowest BCUT2D eigenvalue weighted by Crippen LogP contribution is -2.05.